The average molecular weight is 213 g/mol. The Bertz CT molecular complexity index is 411. The van der Waals surface area contributed by atoms with Crippen molar-refractivity contribution in [3.05, 3.63) is 66.0 Å². The summed E-state index contributed by atoms with van der Waals surface area (Å²) in [5.41, 5.74) is 2.64. The highest BCUT2D eigenvalue weighted by Crippen LogP contribution is 2.06. The fraction of sp³-hybridized carbons (Fsp3) is 0.214. The van der Waals surface area contributed by atoms with Crippen LogP contribution in [0.5, 0.6) is 0 Å². The minimum Gasteiger partial charge on any atom is -0.336 e. The van der Waals surface area contributed by atoms with E-state index in [2.05, 4.69) is 53.6 Å². The normalized spacial score (nSPS) is 12.3. The number of aromatic nitrogens is 1. The van der Waals surface area contributed by atoms with E-state index in [9.17, 15) is 0 Å². The van der Waals surface area contributed by atoms with E-state index in [1.165, 1.54) is 11.1 Å². The molecule has 1 heterocycles. The molecule has 0 aliphatic rings. The first-order valence-electron chi connectivity index (χ1n) is 5.63. The molecule has 0 aliphatic heterocycles. The van der Waals surface area contributed by atoms with E-state index in [1.54, 1.807) is 0 Å². The van der Waals surface area contributed by atoms with E-state index in [1.807, 2.05) is 18.5 Å². The van der Waals surface area contributed by atoms with Gasteiger partial charge in [0.2, 0.25) is 0 Å². The maximum Gasteiger partial charge on any atom is 0.109 e. The number of quaternary nitrogens is 1. The molecule has 2 aromatic rings. The van der Waals surface area contributed by atoms with Gasteiger partial charge in [-0.25, -0.2) is 0 Å². The summed E-state index contributed by atoms with van der Waals surface area (Å²) in [7, 11) is 0. The van der Waals surface area contributed by atoms with Gasteiger partial charge in [0.15, 0.2) is 0 Å². The highest BCUT2D eigenvalue weighted by Gasteiger charge is 2.07. The van der Waals surface area contributed by atoms with Crippen molar-refractivity contribution in [2.75, 3.05) is 0 Å². The molecule has 1 aromatic heterocycles. The summed E-state index contributed by atoms with van der Waals surface area (Å²) in [6, 6.07) is 15.2. The van der Waals surface area contributed by atoms with E-state index in [4.69, 9.17) is 0 Å². The van der Waals surface area contributed by atoms with Gasteiger partial charge in [-0.15, -0.1) is 0 Å². The molecular formula is C14H17N2+. The molecule has 1 atom stereocenters. The molecule has 2 rings (SSSR count). The molecule has 0 bridgehead atoms. The van der Waals surface area contributed by atoms with Crippen LogP contribution in [-0.2, 0) is 6.54 Å². The van der Waals surface area contributed by atoms with Crippen LogP contribution in [0, 0.1) is 0 Å². The van der Waals surface area contributed by atoms with Gasteiger partial charge in [0, 0.05) is 23.5 Å². The third-order valence-electron chi connectivity index (χ3n) is 2.76. The molecule has 0 saturated carbocycles. The first-order chi connectivity index (χ1) is 7.86. The zero-order chi connectivity index (χ0) is 11.2. The number of rotatable bonds is 4. The fourth-order valence-electron chi connectivity index (χ4n) is 1.72. The van der Waals surface area contributed by atoms with Gasteiger partial charge in [-0.05, 0) is 13.0 Å². The summed E-state index contributed by atoms with van der Waals surface area (Å²) in [6.45, 7) is 3.20. The molecule has 0 aliphatic carbocycles. The predicted octanol–water partition coefficient (Wildman–Crippen LogP) is 1.91. The first kappa shape index (κ1) is 10.8. The number of nitrogens with zero attached hydrogens (tertiary/aromatic N) is 1. The van der Waals surface area contributed by atoms with Gasteiger partial charge in [-0.2, -0.15) is 0 Å². The number of nitrogens with two attached hydrogens (primary N) is 1. The topological polar surface area (TPSA) is 29.5 Å². The van der Waals surface area contributed by atoms with Gasteiger partial charge in [-0.3, -0.25) is 4.98 Å². The molecule has 1 aromatic carbocycles. The van der Waals surface area contributed by atoms with E-state index < -0.39 is 0 Å². The number of hydrogen-bond acceptors (Lipinski definition) is 1. The van der Waals surface area contributed by atoms with Crippen LogP contribution in [0.3, 0.4) is 0 Å². The molecule has 16 heavy (non-hydrogen) atoms. The lowest BCUT2D eigenvalue weighted by Gasteiger charge is -2.10. The van der Waals surface area contributed by atoms with Crippen molar-refractivity contribution in [1.82, 2.24) is 4.98 Å². The number of hydrogen-bond donors (Lipinski definition) is 1. The predicted molar refractivity (Wildman–Crippen MR) is 64.7 cm³/mol. The summed E-state index contributed by atoms with van der Waals surface area (Å²) in [5, 5.41) is 2.33. The van der Waals surface area contributed by atoms with Gasteiger partial charge in [0.05, 0.1) is 0 Å². The zero-order valence-electron chi connectivity index (χ0n) is 9.51. The van der Waals surface area contributed by atoms with Crippen LogP contribution in [0.2, 0.25) is 0 Å². The molecule has 0 spiro atoms. The maximum absolute atomic E-state index is 4.12. The minimum atomic E-state index is 0.487. The molecule has 2 nitrogen and oxygen atoms in total. The molecular weight excluding hydrogens is 196 g/mol. The fourth-order valence-corrected chi connectivity index (χ4v) is 1.72. The number of pyridine rings is 1. The third-order valence-corrected chi connectivity index (χ3v) is 2.76. The monoisotopic (exact) mass is 213 g/mol. The summed E-state index contributed by atoms with van der Waals surface area (Å²) >= 11 is 0. The smallest absolute Gasteiger partial charge is 0.109 e. The Morgan fingerprint density at radius 3 is 2.62 bits per heavy atom. The van der Waals surface area contributed by atoms with E-state index >= 15 is 0 Å². The molecule has 0 saturated heterocycles. The highest BCUT2D eigenvalue weighted by atomic mass is 14.9. The first-order valence-corrected chi connectivity index (χ1v) is 5.63. The highest BCUT2D eigenvalue weighted by molar-refractivity contribution is 5.16. The van der Waals surface area contributed by atoms with Crippen LogP contribution < -0.4 is 5.32 Å². The van der Waals surface area contributed by atoms with Crippen LogP contribution in [0.1, 0.15) is 24.1 Å². The quantitative estimate of drug-likeness (QED) is 0.826. The molecule has 2 N–H and O–H groups in total. The summed E-state index contributed by atoms with van der Waals surface area (Å²) in [4.78, 5) is 4.12. The van der Waals surface area contributed by atoms with Crippen LogP contribution in [0.15, 0.2) is 54.9 Å². The second kappa shape index (κ2) is 5.42. The molecule has 82 valence electrons. The average Bonchev–Trinajstić information content (AvgIpc) is 2.38. The van der Waals surface area contributed by atoms with Gasteiger partial charge in [0.25, 0.3) is 0 Å². The van der Waals surface area contributed by atoms with Gasteiger partial charge < -0.3 is 5.32 Å². The minimum absolute atomic E-state index is 0.487. The summed E-state index contributed by atoms with van der Waals surface area (Å²) in [5.74, 6) is 0. The molecule has 0 unspecified atom stereocenters. The molecule has 0 fully saturated rings. The van der Waals surface area contributed by atoms with Crippen LogP contribution in [0.4, 0.5) is 0 Å². The SMILES string of the molecule is C[C@H]([NH2+]Cc1cccnc1)c1ccccc1. The Morgan fingerprint density at radius 1 is 1.12 bits per heavy atom. The maximum atomic E-state index is 4.12. The van der Waals surface area contributed by atoms with Gasteiger partial charge in [0.1, 0.15) is 12.6 Å². The van der Waals surface area contributed by atoms with E-state index in [0.717, 1.165) is 6.54 Å². The van der Waals surface area contributed by atoms with Crippen LogP contribution in [-0.4, -0.2) is 4.98 Å². The van der Waals surface area contributed by atoms with Crippen molar-refractivity contribution in [2.24, 2.45) is 0 Å². The van der Waals surface area contributed by atoms with Gasteiger partial charge in [-0.1, -0.05) is 36.4 Å². The lowest BCUT2D eigenvalue weighted by Crippen LogP contribution is -2.83. The Balaban J connectivity index is 1.92. The van der Waals surface area contributed by atoms with Gasteiger partial charge >= 0.3 is 0 Å². The van der Waals surface area contributed by atoms with Crippen molar-refractivity contribution in [1.29, 1.82) is 0 Å². The Morgan fingerprint density at radius 2 is 1.94 bits per heavy atom. The summed E-state index contributed by atoms with van der Waals surface area (Å²) < 4.78 is 0. The number of benzene rings is 1. The Kier molecular flexibility index (Phi) is 3.67. The van der Waals surface area contributed by atoms with Crippen molar-refractivity contribution in [2.45, 2.75) is 19.5 Å². The molecule has 2 heteroatoms. The van der Waals surface area contributed by atoms with Crippen molar-refractivity contribution in [3.8, 4) is 0 Å². The van der Waals surface area contributed by atoms with Crippen LogP contribution >= 0.6 is 0 Å². The Labute approximate surface area is 96.4 Å². The van der Waals surface area contributed by atoms with E-state index in [-0.39, 0.29) is 0 Å². The molecule has 0 amide bonds. The lowest BCUT2D eigenvalue weighted by molar-refractivity contribution is -0.708. The summed E-state index contributed by atoms with van der Waals surface area (Å²) in [6.07, 6.45) is 3.73. The second-order valence-electron chi connectivity index (χ2n) is 4.00. The standard InChI is InChI=1S/C14H16N2/c1-12(14-7-3-2-4-8-14)16-11-13-6-5-9-15-10-13/h2-10,12,16H,11H2,1H3/p+1/t12-/m0/s1. The lowest BCUT2D eigenvalue weighted by atomic mass is 10.1. The Hall–Kier alpha value is -1.67. The van der Waals surface area contributed by atoms with E-state index in [0.29, 0.717) is 6.04 Å². The molecule has 0 radical (unpaired) electrons. The second-order valence-corrected chi connectivity index (χ2v) is 4.00. The largest absolute Gasteiger partial charge is 0.336 e. The third kappa shape index (κ3) is 2.91. The van der Waals surface area contributed by atoms with Crippen molar-refractivity contribution >= 4 is 0 Å². The van der Waals surface area contributed by atoms with Crippen molar-refractivity contribution < 1.29 is 5.32 Å². The zero-order valence-corrected chi connectivity index (χ0v) is 9.51. The van der Waals surface area contributed by atoms with Crippen molar-refractivity contribution in [3.63, 3.8) is 0 Å². The van der Waals surface area contributed by atoms with Crippen LogP contribution in [0.25, 0.3) is 0 Å².